The van der Waals surface area contributed by atoms with Crippen LogP contribution in [0.15, 0.2) is 48.5 Å². The van der Waals surface area contributed by atoms with Crippen LogP contribution < -0.4 is 25.3 Å². The van der Waals surface area contributed by atoms with Gasteiger partial charge in [-0.1, -0.05) is 0 Å². The zero-order valence-corrected chi connectivity index (χ0v) is 22.0. The van der Waals surface area contributed by atoms with E-state index in [0.29, 0.717) is 0 Å². The maximum Gasteiger partial charge on any atom is 0.424 e. The number of primary amides is 1. The van der Waals surface area contributed by atoms with Crippen molar-refractivity contribution in [3.05, 3.63) is 71.2 Å². The van der Waals surface area contributed by atoms with Crippen LogP contribution in [0.3, 0.4) is 0 Å². The largest absolute Gasteiger partial charge is 0.494 e. The molecule has 1 heterocycles. The lowest BCUT2D eigenvalue weighted by atomic mass is 9.96. The molecule has 9 nitrogen and oxygen atoms in total. The Bertz CT molecular complexity index is 1430. The van der Waals surface area contributed by atoms with Gasteiger partial charge in [0.05, 0.1) is 26.5 Å². The van der Waals surface area contributed by atoms with Gasteiger partial charge in [0.2, 0.25) is 5.60 Å². The molecule has 220 valence electrons. The summed E-state index contributed by atoms with van der Waals surface area (Å²) < 4.78 is 86.1. The fraction of sp³-hybridized carbons (Fsp3) is 0.296. The summed E-state index contributed by atoms with van der Waals surface area (Å²) in [5.41, 5.74) is -0.262. The molecule has 0 fully saturated rings. The van der Waals surface area contributed by atoms with Crippen LogP contribution in [-0.4, -0.2) is 55.5 Å². The predicted octanol–water partition coefficient (Wildman–Crippen LogP) is 3.98. The summed E-state index contributed by atoms with van der Waals surface area (Å²) in [7, 11) is 2.46. The SMILES string of the molecule is COc1cc(C(=O)NCC(O)(c2ccc(OC)c(-c3ccc(F)c([C@@H](C)F)c3)n2)C(F)(F)F)ccc1OCC(N)=O. The molecule has 0 radical (unpaired) electrons. The third-order valence-electron chi connectivity index (χ3n) is 5.97. The third-order valence-corrected chi connectivity index (χ3v) is 5.97. The average Bonchev–Trinajstić information content (AvgIpc) is 2.93. The highest BCUT2D eigenvalue weighted by Crippen LogP contribution is 2.40. The first-order chi connectivity index (χ1) is 19.2. The maximum atomic E-state index is 14.3. The van der Waals surface area contributed by atoms with Crippen LogP contribution in [-0.2, 0) is 10.4 Å². The quantitative estimate of drug-likeness (QED) is 0.291. The van der Waals surface area contributed by atoms with Crippen molar-refractivity contribution in [3.63, 3.8) is 0 Å². The van der Waals surface area contributed by atoms with Gasteiger partial charge in [-0.3, -0.25) is 9.59 Å². The number of nitrogens with zero attached hydrogens (tertiary/aromatic N) is 1. The number of alkyl halides is 4. The molecule has 1 unspecified atom stereocenters. The van der Waals surface area contributed by atoms with E-state index < -0.39 is 54.4 Å². The summed E-state index contributed by atoms with van der Waals surface area (Å²) in [6, 6.07) is 8.75. The molecule has 0 aliphatic rings. The molecule has 0 saturated heterocycles. The average molecular weight is 584 g/mol. The summed E-state index contributed by atoms with van der Waals surface area (Å²) in [6.07, 6.45) is -7.06. The second kappa shape index (κ2) is 12.4. The molecule has 41 heavy (non-hydrogen) atoms. The Morgan fingerprint density at radius 2 is 1.68 bits per heavy atom. The van der Waals surface area contributed by atoms with Crippen LogP contribution >= 0.6 is 0 Å². The molecule has 0 saturated carbocycles. The number of amides is 2. The van der Waals surface area contributed by atoms with Gasteiger partial charge in [0, 0.05) is 16.7 Å². The minimum Gasteiger partial charge on any atom is -0.494 e. The number of ether oxygens (including phenoxy) is 3. The molecule has 3 rings (SSSR count). The predicted molar refractivity (Wildman–Crippen MR) is 136 cm³/mol. The lowest BCUT2D eigenvalue weighted by Crippen LogP contribution is -2.51. The van der Waals surface area contributed by atoms with Crippen molar-refractivity contribution in [1.82, 2.24) is 10.3 Å². The summed E-state index contributed by atoms with van der Waals surface area (Å²) in [5, 5.41) is 12.9. The van der Waals surface area contributed by atoms with E-state index in [4.69, 9.17) is 19.9 Å². The molecule has 1 aromatic heterocycles. The summed E-state index contributed by atoms with van der Waals surface area (Å²) >= 11 is 0. The van der Waals surface area contributed by atoms with Gasteiger partial charge in [0.1, 0.15) is 23.4 Å². The van der Waals surface area contributed by atoms with Crippen molar-refractivity contribution < 1.29 is 50.9 Å². The number of nitrogens with two attached hydrogens (primary N) is 1. The van der Waals surface area contributed by atoms with Crippen LogP contribution in [0, 0.1) is 5.82 Å². The van der Waals surface area contributed by atoms with E-state index in [1.165, 1.54) is 32.4 Å². The van der Waals surface area contributed by atoms with E-state index in [-0.39, 0.29) is 39.6 Å². The van der Waals surface area contributed by atoms with Gasteiger partial charge in [-0.25, -0.2) is 13.8 Å². The maximum absolute atomic E-state index is 14.3. The normalized spacial score (nSPS) is 13.6. The van der Waals surface area contributed by atoms with Crippen molar-refractivity contribution in [3.8, 4) is 28.5 Å². The second-order valence-electron chi connectivity index (χ2n) is 8.76. The van der Waals surface area contributed by atoms with Gasteiger partial charge < -0.3 is 30.4 Å². The molecule has 2 aromatic carbocycles. The number of benzene rings is 2. The van der Waals surface area contributed by atoms with E-state index in [2.05, 4.69) is 4.98 Å². The number of carbonyl (C=O) groups excluding carboxylic acids is 2. The van der Waals surface area contributed by atoms with Gasteiger partial charge in [0.25, 0.3) is 11.8 Å². The van der Waals surface area contributed by atoms with E-state index in [1.54, 1.807) is 0 Å². The Balaban J connectivity index is 1.96. The fourth-order valence-electron chi connectivity index (χ4n) is 3.77. The Kier molecular flexibility index (Phi) is 9.38. The summed E-state index contributed by atoms with van der Waals surface area (Å²) in [4.78, 5) is 27.6. The first-order valence-electron chi connectivity index (χ1n) is 11.9. The van der Waals surface area contributed by atoms with Crippen molar-refractivity contribution in [2.24, 2.45) is 5.73 Å². The van der Waals surface area contributed by atoms with Crippen molar-refractivity contribution in [2.75, 3.05) is 27.4 Å². The van der Waals surface area contributed by atoms with Gasteiger partial charge in [-0.05, 0) is 55.5 Å². The first kappa shape index (κ1) is 31.1. The second-order valence-corrected chi connectivity index (χ2v) is 8.76. The Morgan fingerprint density at radius 1 is 1.02 bits per heavy atom. The molecule has 0 aliphatic carbocycles. The lowest BCUT2D eigenvalue weighted by molar-refractivity contribution is -0.265. The van der Waals surface area contributed by atoms with Gasteiger partial charge in [-0.2, -0.15) is 13.2 Å². The van der Waals surface area contributed by atoms with E-state index in [1.807, 2.05) is 5.32 Å². The molecule has 2 amide bonds. The van der Waals surface area contributed by atoms with Gasteiger partial charge in [-0.15, -0.1) is 0 Å². The molecule has 0 aliphatic heterocycles. The van der Waals surface area contributed by atoms with Crippen LogP contribution in [0.25, 0.3) is 11.3 Å². The van der Waals surface area contributed by atoms with Crippen molar-refractivity contribution in [2.45, 2.75) is 24.9 Å². The number of aliphatic hydroxyl groups is 1. The van der Waals surface area contributed by atoms with Crippen molar-refractivity contribution >= 4 is 11.8 Å². The van der Waals surface area contributed by atoms with E-state index >= 15 is 0 Å². The zero-order valence-electron chi connectivity index (χ0n) is 22.0. The van der Waals surface area contributed by atoms with Crippen LogP contribution in [0.5, 0.6) is 17.2 Å². The smallest absolute Gasteiger partial charge is 0.424 e. The van der Waals surface area contributed by atoms with Crippen LogP contribution in [0.4, 0.5) is 22.0 Å². The van der Waals surface area contributed by atoms with Crippen molar-refractivity contribution in [1.29, 1.82) is 0 Å². The van der Waals surface area contributed by atoms with Gasteiger partial charge >= 0.3 is 6.18 Å². The summed E-state index contributed by atoms with van der Waals surface area (Å²) in [5.74, 6) is -2.63. The highest BCUT2D eigenvalue weighted by atomic mass is 19.4. The highest BCUT2D eigenvalue weighted by Gasteiger charge is 2.56. The Hall–Kier alpha value is -4.46. The fourth-order valence-corrected chi connectivity index (χ4v) is 3.77. The minimum atomic E-state index is -5.33. The van der Waals surface area contributed by atoms with E-state index in [0.717, 1.165) is 37.3 Å². The third kappa shape index (κ3) is 6.82. The lowest BCUT2D eigenvalue weighted by Gasteiger charge is -2.30. The standard InChI is InChI=1S/C27H26F5N3O6/c1-14(28)17-10-15(4-6-18(17)29)24-20(39-2)8-9-22(35-24)26(38,27(30,31)32)13-34-25(37)16-5-7-19(21(11-16)40-3)41-12-23(33)36/h4-11,14,38H,12-13H2,1-3H3,(H2,33,36)(H,34,37)/t14-,26?/m1/s1. The topological polar surface area (TPSA) is 133 Å². The first-order valence-corrected chi connectivity index (χ1v) is 11.9. The number of carbonyl (C=O) groups is 2. The molecule has 2 atom stereocenters. The molecule has 0 bridgehead atoms. The molecule has 14 heteroatoms. The summed E-state index contributed by atoms with van der Waals surface area (Å²) in [6.45, 7) is -0.748. The number of pyridine rings is 1. The molecule has 0 spiro atoms. The number of aromatic nitrogens is 1. The molecular weight excluding hydrogens is 557 g/mol. The number of hydrogen-bond donors (Lipinski definition) is 3. The van der Waals surface area contributed by atoms with E-state index in [9.17, 15) is 36.6 Å². The van der Waals surface area contributed by atoms with Crippen LogP contribution in [0.2, 0.25) is 0 Å². The molecule has 4 N–H and O–H groups in total. The zero-order chi connectivity index (χ0) is 30.5. The number of methoxy groups -OCH3 is 2. The van der Waals surface area contributed by atoms with Gasteiger partial charge in [0.15, 0.2) is 18.1 Å². The molecule has 3 aromatic rings. The number of rotatable bonds is 11. The Labute approximate surface area is 231 Å². The number of nitrogens with one attached hydrogen (secondary N) is 1. The van der Waals surface area contributed by atoms with Crippen LogP contribution in [0.1, 0.15) is 34.7 Å². The number of halogens is 5. The minimum absolute atomic E-state index is 0.00675. The Morgan fingerprint density at radius 3 is 2.27 bits per heavy atom. The molecular formula is C27H26F5N3O6. The monoisotopic (exact) mass is 583 g/mol. The number of hydrogen-bond acceptors (Lipinski definition) is 7. The highest BCUT2D eigenvalue weighted by molar-refractivity contribution is 5.95.